The predicted molar refractivity (Wildman–Crippen MR) is 147 cm³/mol. The number of benzene rings is 3. The smallest absolute Gasteiger partial charge is 0.00892 e. The fourth-order valence-corrected chi connectivity index (χ4v) is 3.27. The van der Waals surface area contributed by atoms with Gasteiger partial charge in [-0.05, 0) is 35.4 Å². The fraction of sp³-hybridized carbons (Fsp3) is 0.438. The molecule has 0 amide bonds. The fourth-order valence-electron chi connectivity index (χ4n) is 3.27. The van der Waals surface area contributed by atoms with Gasteiger partial charge < -0.3 is 0 Å². The van der Waals surface area contributed by atoms with E-state index in [4.69, 9.17) is 0 Å². The zero-order valence-electron chi connectivity index (χ0n) is 20.6. The lowest BCUT2D eigenvalue weighted by Crippen LogP contribution is -2.00. The third-order valence-corrected chi connectivity index (χ3v) is 4.82. The van der Waals surface area contributed by atoms with Crippen LogP contribution in [0.15, 0.2) is 91.0 Å². The van der Waals surface area contributed by atoms with Gasteiger partial charge in [-0.3, -0.25) is 0 Å². The molecule has 4 rings (SSSR count). The van der Waals surface area contributed by atoms with Crippen LogP contribution in [0.25, 0.3) is 0 Å². The van der Waals surface area contributed by atoms with E-state index >= 15 is 0 Å². The van der Waals surface area contributed by atoms with Crippen LogP contribution < -0.4 is 0 Å². The second-order valence-electron chi connectivity index (χ2n) is 8.31. The highest BCUT2D eigenvalue weighted by Gasteiger charge is 2.11. The van der Waals surface area contributed by atoms with Crippen LogP contribution in [0, 0.1) is 5.92 Å². The van der Waals surface area contributed by atoms with E-state index in [0.717, 1.165) is 5.92 Å². The van der Waals surface area contributed by atoms with Gasteiger partial charge in [0.25, 0.3) is 0 Å². The molecule has 0 N–H and O–H groups in total. The Morgan fingerprint density at radius 1 is 0.625 bits per heavy atom. The molecule has 0 radical (unpaired) electrons. The molecule has 0 unspecified atom stereocenters. The lowest BCUT2D eigenvalue weighted by Gasteiger charge is -2.17. The van der Waals surface area contributed by atoms with Crippen molar-refractivity contribution in [3.63, 3.8) is 0 Å². The normalized spacial score (nSPS) is 11.0. The Morgan fingerprint density at radius 2 is 1.00 bits per heavy atom. The maximum atomic E-state index is 2.25. The second-order valence-corrected chi connectivity index (χ2v) is 8.31. The molecule has 1 aliphatic carbocycles. The molecule has 0 aromatic heterocycles. The van der Waals surface area contributed by atoms with Crippen LogP contribution in [0.3, 0.4) is 0 Å². The molecule has 0 atom stereocenters. The van der Waals surface area contributed by atoms with E-state index < -0.39 is 0 Å². The molecule has 0 heterocycles. The molecule has 0 saturated heterocycles. The van der Waals surface area contributed by atoms with E-state index in [1.165, 1.54) is 55.2 Å². The summed E-state index contributed by atoms with van der Waals surface area (Å²) < 4.78 is 0. The van der Waals surface area contributed by atoms with Crippen LogP contribution in [0.2, 0.25) is 0 Å². The Hall–Kier alpha value is -2.34. The minimum atomic E-state index is 0. The molecular formula is C32H48. The van der Waals surface area contributed by atoms with E-state index in [1.807, 2.05) is 13.8 Å². The molecule has 1 fully saturated rings. The lowest BCUT2D eigenvalue weighted by atomic mass is 9.88. The van der Waals surface area contributed by atoms with Crippen molar-refractivity contribution in [1.82, 2.24) is 0 Å². The third-order valence-electron chi connectivity index (χ3n) is 4.82. The standard InChI is InChI=1S/C16H18.C10H14.C3H6.C2H6.CH4/c1-2-9-16(14-10-5-3-6-11-14)15-12-7-4-8-13-15;1-9(2)8-10-6-4-3-5-7-10;1-2-3-1;1-2;/h3-8,10-13,16H,2,9H2,1H3;3-7,9H,8H2,1-2H3;1-3H2;1-2H3;1H4. The van der Waals surface area contributed by atoms with Crippen molar-refractivity contribution in [1.29, 1.82) is 0 Å². The molecular weight excluding hydrogens is 384 g/mol. The first-order chi connectivity index (χ1) is 15.2. The summed E-state index contributed by atoms with van der Waals surface area (Å²) in [6.07, 6.45) is 8.13. The molecule has 32 heavy (non-hydrogen) atoms. The molecule has 0 heteroatoms. The van der Waals surface area contributed by atoms with Gasteiger partial charge in [0, 0.05) is 5.92 Å². The summed E-state index contributed by atoms with van der Waals surface area (Å²) in [5.74, 6) is 1.31. The molecule has 0 aliphatic heterocycles. The van der Waals surface area contributed by atoms with Gasteiger partial charge in [-0.15, -0.1) is 0 Å². The molecule has 1 aliphatic rings. The van der Waals surface area contributed by atoms with Crippen LogP contribution in [0.5, 0.6) is 0 Å². The average Bonchev–Trinajstić information content (AvgIpc) is 3.70. The van der Waals surface area contributed by atoms with E-state index in [-0.39, 0.29) is 7.43 Å². The molecule has 176 valence electrons. The first-order valence-electron chi connectivity index (χ1n) is 12.3. The average molecular weight is 433 g/mol. The maximum Gasteiger partial charge on any atom is 0.00892 e. The molecule has 0 spiro atoms. The highest BCUT2D eigenvalue weighted by Crippen LogP contribution is 2.28. The van der Waals surface area contributed by atoms with E-state index in [2.05, 4.69) is 112 Å². The maximum absolute atomic E-state index is 2.25. The zero-order chi connectivity index (χ0) is 22.7. The summed E-state index contributed by atoms with van der Waals surface area (Å²) in [5.41, 5.74) is 4.30. The monoisotopic (exact) mass is 432 g/mol. The predicted octanol–water partition coefficient (Wildman–Crippen LogP) is 10.3. The van der Waals surface area contributed by atoms with Gasteiger partial charge >= 0.3 is 0 Å². The molecule has 3 aromatic carbocycles. The van der Waals surface area contributed by atoms with Gasteiger partial charge in [-0.2, -0.15) is 0 Å². The van der Waals surface area contributed by atoms with Crippen molar-refractivity contribution < 1.29 is 0 Å². The zero-order valence-corrected chi connectivity index (χ0v) is 20.6. The Bertz CT molecular complexity index is 700. The first kappa shape index (κ1) is 29.7. The highest BCUT2D eigenvalue weighted by atomic mass is 14.2. The molecule has 3 aromatic rings. The number of hydrogen-bond acceptors (Lipinski definition) is 0. The van der Waals surface area contributed by atoms with Gasteiger partial charge in [-0.1, -0.05) is 159 Å². The minimum absolute atomic E-state index is 0. The van der Waals surface area contributed by atoms with Crippen LogP contribution >= 0.6 is 0 Å². The Labute approximate surface area is 200 Å². The quantitative estimate of drug-likeness (QED) is 0.363. The Balaban J connectivity index is 0.000000513. The van der Waals surface area contributed by atoms with Gasteiger partial charge in [-0.25, -0.2) is 0 Å². The summed E-state index contributed by atoms with van der Waals surface area (Å²) in [4.78, 5) is 0. The summed E-state index contributed by atoms with van der Waals surface area (Å²) >= 11 is 0. The van der Waals surface area contributed by atoms with Crippen molar-refractivity contribution in [2.45, 2.75) is 86.5 Å². The second kappa shape index (κ2) is 19.4. The van der Waals surface area contributed by atoms with E-state index in [0.29, 0.717) is 5.92 Å². The topological polar surface area (TPSA) is 0 Å². The molecule has 1 saturated carbocycles. The summed E-state index contributed by atoms with van der Waals surface area (Å²) in [6.45, 7) is 10.7. The number of hydrogen-bond donors (Lipinski definition) is 0. The van der Waals surface area contributed by atoms with Crippen molar-refractivity contribution >= 4 is 0 Å². The van der Waals surface area contributed by atoms with Crippen LogP contribution in [0.4, 0.5) is 0 Å². The molecule has 0 nitrogen and oxygen atoms in total. The third kappa shape index (κ3) is 13.9. The van der Waals surface area contributed by atoms with Crippen LogP contribution in [0.1, 0.15) is 96.8 Å². The van der Waals surface area contributed by atoms with E-state index in [9.17, 15) is 0 Å². The minimum Gasteiger partial charge on any atom is -0.0776 e. The highest BCUT2D eigenvalue weighted by molar-refractivity contribution is 5.32. The summed E-state index contributed by atoms with van der Waals surface area (Å²) in [5, 5.41) is 0. The summed E-state index contributed by atoms with van der Waals surface area (Å²) in [7, 11) is 0. The summed E-state index contributed by atoms with van der Waals surface area (Å²) in [6, 6.07) is 32.2. The number of rotatable bonds is 6. The SMILES string of the molecule is C.C1CC1.CC.CC(C)Cc1ccccc1.CCCC(c1ccccc1)c1ccccc1. The largest absolute Gasteiger partial charge is 0.0776 e. The van der Waals surface area contributed by atoms with Gasteiger partial charge in [0.1, 0.15) is 0 Å². The van der Waals surface area contributed by atoms with Crippen molar-refractivity contribution in [2.75, 3.05) is 0 Å². The van der Waals surface area contributed by atoms with E-state index in [1.54, 1.807) is 0 Å². The lowest BCUT2D eigenvalue weighted by molar-refractivity contribution is 0.647. The molecule has 0 bridgehead atoms. The van der Waals surface area contributed by atoms with Gasteiger partial charge in [0.2, 0.25) is 0 Å². The van der Waals surface area contributed by atoms with Gasteiger partial charge in [0.05, 0.1) is 0 Å². The van der Waals surface area contributed by atoms with Crippen LogP contribution in [-0.2, 0) is 6.42 Å². The van der Waals surface area contributed by atoms with Crippen molar-refractivity contribution in [3.05, 3.63) is 108 Å². The van der Waals surface area contributed by atoms with Gasteiger partial charge in [0.15, 0.2) is 0 Å². The first-order valence-corrected chi connectivity index (χ1v) is 12.3. The Morgan fingerprint density at radius 3 is 1.31 bits per heavy atom. The van der Waals surface area contributed by atoms with Crippen molar-refractivity contribution in [3.8, 4) is 0 Å². The van der Waals surface area contributed by atoms with Crippen molar-refractivity contribution in [2.24, 2.45) is 5.92 Å². The van der Waals surface area contributed by atoms with Crippen LogP contribution in [-0.4, -0.2) is 0 Å². The Kier molecular flexibility index (Phi) is 17.9.